The van der Waals surface area contributed by atoms with E-state index in [1.54, 1.807) is 24.3 Å². The average molecular weight is 293 g/mol. The first-order chi connectivity index (χ1) is 9.52. The van der Waals surface area contributed by atoms with Crippen molar-refractivity contribution < 1.29 is 9.66 Å². The molecule has 104 valence electrons. The Morgan fingerprint density at radius 1 is 1.30 bits per heavy atom. The van der Waals surface area contributed by atoms with Crippen LogP contribution in [0.15, 0.2) is 36.4 Å². The molecule has 6 heteroatoms. The van der Waals surface area contributed by atoms with Gasteiger partial charge in [-0.3, -0.25) is 10.1 Å². The van der Waals surface area contributed by atoms with Crippen molar-refractivity contribution in [3.8, 4) is 11.5 Å². The molecule has 0 bridgehead atoms. The van der Waals surface area contributed by atoms with E-state index in [2.05, 4.69) is 0 Å². The quantitative estimate of drug-likeness (QED) is 0.686. The predicted molar refractivity (Wildman–Crippen MR) is 77.3 cm³/mol. The lowest BCUT2D eigenvalue weighted by Crippen LogP contribution is -2.01. The van der Waals surface area contributed by atoms with Gasteiger partial charge in [0.1, 0.15) is 11.5 Å². The van der Waals surface area contributed by atoms with E-state index < -0.39 is 4.92 Å². The van der Waals surface area contributed by atoms with Crippen LogP contribution in [0.4, 0.5) is 5.69 Å². The highest BCUT2D eigenvalue weighted by molar-refractivity contribution is 6.31. The summed E-state index contributed by atoms with van der Waals surface area (Å²) in [6, 6.07) is 9.65. The fourth-order valence-electron chi connectivity index (χ4n) is 1.76. The van der Waals surface area contributed by atoms with E-state index in [4.69, 9.17) is 22.1 Å². The maximum atomic E-state index is 10.8. The molecule has 0 radical (unpaired) electrons. The molecule has 0 aliphatic rings. The first-order valence-corrected chi connectivity index (χ1v) is 6.31. The summed E-state index contributed by atoms with van der Waals surface area (Å²) in [5, 5.41) is 11.3. The lowest BCUT2D eigenvalue weighted by molar-refractivity contribution is -0.384. The van der Waals surface area contributed by atoms with Gasteiger partial charge in [-0.25, -0.2) is 0 Å². The Labute approximate surface area is 121 Å². The van der Waals surface area contributed by atoms with Gasteiger partial charge in [0, 0.05) is 23.2 Å². The highest BCUT2D eigenvalue weighted by Crippen LogP contribution is 2.33. The number of non-ortho nitro benzene ring substituents is 1. The molecule has 0 saturated heterocycles. The molecule has 20 heavy (non-hydrogen) atoms. The number of nitrogens with two attached hydrogens (primary N) is 1. The topological polar surface area (TPSA) is 78.4 Å². The lowest BCUT2D eigenvalue weighted by atomic mass is 10.2. The minimum Gasteiger partial charge on any atom is -0.456 e. The standard InChI is InChI=1S/C14H13ClN2O3/c1-9-5-6-10(17(18)19)7-14(9)20-13-4-2-3-12(15)11(13)8-16/h2-7H,8,16H2,1H3. The molecule has 0 heterocycles. The minimum atomic E-state index is -0.464. The van der Waals surface area contributed by atoms with Gasteiger partial charge in [0.25, 0.3) is 5.69 Å². The molecule has 2 aromatic carbocycles. The number of nitro benzene ring substituents is 1. The molecule has 0 fully saturated rings. The maximum absolute atomic E-state index is 10.8. The van der Waals surface area contributed by atoms with Crippen LogP contribution in [0, 0.1) is 17.0 Å². The van der Waals surface area contributed by atoms with Gasteiger partial charge in [0.15, 0.2) is 0 Å². The van der Waals surface area contributed by atoms with Crippen molar-refractivity contribution >= 4 is 17.3 Å². The van der Waals surface area contributed by atoms with Crippen molar-refractivity contribution in [2.45, 2.75) is 13.5 Å². The Morgan fingerprint density at radius 2 is 2.05 bits per heavy atom. The van der Waals surface area contributed by atoms with Gasteiger partial charge in [-0.05, 0) is 30.7 Å². The van der Waals surface area contributed by atoms with Gasteiger partial charge >= 0.3 is 0 Å². The highest BCUT2D eigenvalue weighted by atomic mass is 35.5. The van der Waals surface area contributed by atoms with Gasteiger partial charge in [-0.1, -0.05) is 17.7 Å². The molecule has 0 aliphatic heterocycles. The number of rotatable bonds is 4. The SMILES string of the molecule is Cc1ccc([N+](=O)[O-])cc1Oc1cccc(Cl)c1CN. The van der Waals surface area contributed by atoms with Gasteiger partial charge in [0.2, 0.25) is 0 Å². The van der Waals surface area contributed by atoms with E-state index in [0.717, 1.165) is 5.56 Å². The van der Waals surface area contributed by atoms with Crippen molar-refractivity contribution in [2.75, 3.05) is 0 Å². The summed E-state index contributed by atoms with van der Waals surface area (Å²) in [6.45, 7) is 2.04. The van der Waals surface area contributed by atoms with E-state index in [1.807, 2.05) is 6.92 Å². The first kappa shape index (κ1) is 14.3. The Balaban J connectivity index is 2.42. The predicted octanol–water partition coefficient (Wildman–Crippen LogP) is 3.81. The summed E-state index contributed by atoms with van der Waals surface area (Å²) in [7, 11) is 0. The van der Waals surface area contributed by atoms with Crippen LogP contribution in [0.1, 0.15) is 11.1 Å². The highest BCUT2D eigenvalue weighted by Gasteiger charge is 2.13. The molecule has 0 amide bonds. The Kier molecular flexibility index (Phi) is 4.22. The molecule has 0 atom stereocenters. The van der Waals surface area contributed by atoms with Gasteiger partial charge in [-0.15, -0.1) is 0 Å². The van der Waals surface area contributed by atoms with Gasteiger partial charge < -0.3 is 10.5 Å². The number of hydrogen-bond acceptors (Lipinski definition) is 4. The third-order valence-electron chi connectivity index (χ3n) is 2.88. The summed E-state index contributed by atoms with van der Waals surface area (Å²) in [5.74, 6) is 0.916. The number of ether oxygens (including phenoxy) is 1. The zero-order chi connectivity index (χ0) is 14.7. The zero-order valence-corrected chi connectivity index (χ0v) is 11.6. The fraction of sp³-hybridized carbons (Fsp3) is 0.143. The largest absolute Gasteiger partial charge is 0.456 e. The normalized spacial score (nSPS) is 10.3. The lowest BCUT2D eigenvalue weighted by Gasteiger charge is -2.12. The Bertz CT molecular complexity index is 659. The van der Waals surface area contributed by atoms with E-state index in [9.17, 15) is 10.1 Å². The molecular formula is C14H13ClN2O3. The molecule has 2 rings (SSSR count). The van der Waals surface area contributed by atoms with Gasteiger partial charge in [0.05, 0.1) is 11.0 Å². The van der Waals surface area contributed by atoms with Crippen LogP contribution in [0.3, 0.4) is 0 Å². The second-order valence-corrected chi connectivity index (χ2v) is 4.64. The smallest absolute Gasteiger partial charge is 0.273 e. The molecule has 0 aromatic heterocycles. The van der Waals surface area contributed by atoms with Crippen LogP contribution in [0.25, 0.3) is 0 Å². The van der Waals surface area contributed by atoms with Crippen molar-refractivity contribution in [3.05, 3.63) is 62.7 Å². The molecule has 0 spiro atoms. The Hall–Kier alpha value is -2.11. The second kappa shape index (κ2) is 5.90. The number of nitrogens with zero attached hydrogens (tertiary/aromatic N) is 1. The van der Waals surface area contributed by atoms with Crippen LogP contribution in [-0.4, -0.2) is 4.92 Å². The molecule has 2 N–H and O–H groups in total. The number of nitro groups is 1. The van der Waals surface area contributed by atoms with Crippen LogP contribution >= 0.6 is 11.6 Å². The number of aryl methyl sites for hydroxylation is 1. The number of halogens is 1. The molecular weight excluding hydrogens is 280 g/mol. The molecule has 0 unspecified atom stereocenters. The van der Waals surface area contributed by atoms with Crippen LogP contribution < -0.4 is 10.5 Å². The van der Waals surface area contributed by atoms with Crippen molar-refractivity contribution in [2.24, 2.45) is 5.73 Å². The van der Waals surface area contributed by atoms with Crippen LogP contribution in [-0.2, 0) is 6.54 Å². The number of hydrogen-bond donors (Lipinski definition) is 1. The zero-order valence-electron chi connectivity index (χ0n) is 10.8. The average Bonchev–Trinajstić information content (AvgIpc) is 2.41. The summed E-state index contributed by atoms with van der Waals surface area (Å²) in [5.41, 5.74) is 7.08. The molecule has 0 aliphatic carbocycles. The summed E-state index contributed by atoms with van der Waals surface area (Å²) in [6.07, 6.45) is 0. The third kappa shape index (κ3) is 2.89. The summed E-state index contributed by atoms with van der Waals surface area (Å²) < 4.78 is 5.73. The first-order valence-electron chi connectivity index (χ1n) is 5.93. The van der Waals surface area contributed by atoms with E-state index in [-0.39, 0.29) is 12.2 Å². The fourth-order valence-corrected chi connectivity index (χ4v) is 2.01. The van der Waals surface area contributed by atoms with Crippen LogP contribution in [0.2, 0.25) is 5.02 Å². The summed E-state index contributed by atoms with van der Waals surface area (Å²) >= 11 is 6.05. The molecule has 0 saturated carbocycles. The third-order valence-corrected chi connectivity index (χ3v) is 3.24. The molecule has 2 aromatic rings. The Morgan fingerprint density at radius 3 is 2.70 bits per heavy atom. The number of benzene rings is 2. The maximum Gasteiger partial charge on any atom is 0.273 e. The minimum absolute atomic E-state index is 0.0260. The second-order valence-electron chi connectivity index (χ2n) is 4.23. The summed E-state index contributed by atoms with van der Waals surface area (Å²) in [4.78, 5) is 10.3. The molecule has 5 nitrogen and oxygen atoms in total. The van der Waals surface area contributed by atoms with E-state index in [0.29, 0.717) is 22.1 Å². The van der Waals surface area contributed by atoms with Crippen molar-refractivity contribution in [3.63, 3.8) is 0 Å². The van der Waals surface area contributed by atoms with Crippen molar-refractivity contribution in [1.82, 2.24) is 0 Å². The van der Waals surface area contributed by atoms with Crippen LogP contribution in [0.5, 0.6) is 11.5 Å². The monoisotopic (exact) mass is 292 g/mol. The van der Waals surface area contributed by atoms with Crippen molar-refractivity contribution in [1.29, 1.82) is 0 Å². The van der Waals surface area contributed by atoms with Gasteiger partial charge in [-0.2, -0.15) is 0 Å². The van der Waals surface area contributed by atoms with E-state index in [1.165, 1.54) is 12.1 Å². The van der Waals surface area contributed by atoms with E-state index >= 15 is 0 Å².